The fraction of sp³-hybridized carbons (Fsp3) is 0.150. The number of aromatic nitrogens is 1. The molecule has 2 N–H and O–H groups in total. The zero-order chi connectivity index (χ0) is 20.3. The van der Waals surface area contributed by atoms with Gasteiger partial charge in [-0.15, -0.1) is 0 Å². The van der Waals surface area contributed by atoms with Crippen LogP contribution in [0, 0.1) is 12.7 Å². The van der Waals surface area contributed by atoms with E-state index in [0.717, 1.165) is 17.3 Å². The molecule has 0 radical (unpaired) electrons. The van der Waals surface area contributed by atoms with E-state index >= 15 is 0 Å². The van der Waals surface area contributed by atoms with Crippen LogP contribution in [0.4, 0.5) is 10.1 Å². The first kappa shape index (κ1) is 19.6. The molecule has 2 aromatic carbocycles. The molecule has 0 saturated heterocycles. The van der Waals surface area contributed by atoms with E-state index in [1.807, 2.05) is 13.0 Å². The number of aryl methyl sites for hydroxylation is 1. The summed E-state index contributed by atoms with van der Waals surface area (Å²) in [6, 6.07) is 10.6. The van der Waals surface area contributed by atoms with Gasteiger partial charge in [0.15, 0.2) is 0 Å². The molecule has 8 heteroatoms. The predicted octanol–water partition coefficient (Wildman–Crippen LogP) is 3.49. The topological polar surface area (TPSA) is 88.3 Å². The Morgan fingerprint density at radius 3 is 2.57 bits per heavy atom. The number of anilines is 1. The van der Waals surface area contributed by atoms with Gasteiger partial charge in [-0.1, -0.05) is 23.4 Å². The maximum atomic E-state index is 12.9. The third-order valence-electron chi connectivity index (χ3n) is 3.99. The molecule has 0 bridgehead atoms. The molecule has 0 aliphatic carbocycles. The summed E-state index contributed by atoms with van der Waals surface area (Å²) in [4.78, 5) is 40.2. The molecule has 0 unspecified atom stereocenters. The molecule has 28 heavy (non-hydrogen) atoms. The lowest BCUT2D eigenvalue weighted by Crippen LogP contribution is -2.20. The lowest BCUT2D eigenvalue weighted by atomic mass is 10.1. The van der Waals surface area contributed by atoms with E-state index < -0.39 is 17.2 Å². The minimum absolute atomic E-state index is 0.0608. The number of aromatic amines is 1. The lowest BCUT2D eigenvalue weighted by Gasteiger charge is -2.10. The summed E-state index contributed by atoms with van der Waals surface area (Å²) >= 11 is 1.01. The van der Waals surface area contributed by atoms with Crippen molar-refractivity contribution in [1.82, 2.24) is 4.98 Å². The van der Waals surface area contributed by atoms with Crippen LogP contribution in [0.1, 0.15) is 15.9 Å². The number of H-pyrrole nitrogens is 1. The molecule has 1 heterocycles. The second-order valence-corrected chi connectivity index (χ2v) is 7.03. The Morgan fingerprint density at radius 1 is 1.18 bits per heavy atom. The monoisotopic (exact) mass is 400 g/mol. The van der Waals surface area contributed by atoms with E-state index in [9.17, 15) is 18.8 Å². The van der Waals surface area contributed by atoms with Gasteiger partial charge < -0.3 is 15.0 Å². The van der Waals surface area contributed by atoms with Crippen LogP contribution in [0.3, 0.4) is 0 Å². The number of nitrogens with one attached hydrogen (secondary N) is 2. The molecule has 3 rings (SSSR count). The Balaban J connectivity index is 1.88. The molecule has 144 valence electrons. The second kappa shape index (κ2) is 8.26. The van der Waals surface area contributed by atoms with Gasteiger partial charge in [0.05, 0.1) is 23.4 Å². The van der Waals surface area contributed by atoms with Crippen LogP contribution in [0.2, 0.25) is 0 Å². The van der Waals surface area contributed by atoms with Crippen molar-refractivity contribution in [3.63, 3.8) is 0 Å². The normalized spacial score (nSPS) is 10.7. The highest BCUT2D eigenvalue weighted by Crippen LogP contribution is 2.23. The van der Waals surface area contributed by atoms with Gasteiger partial charge in [-0.3, -0.25) is 9.59 Å². The number of esters is 1. The van der Waals surface area contributed by atoms with Crippen molar-refractivity contribution in [3.05, 3.63) is 69.6 Å². The quantitative estimate of drug-likeness (QED) is 0.506. The van der Waals surface area contributed by atoms with E-state index in [-0.39, 0.29) is 22.2 Å². The van der Waals surface area contributed by atoms with Crippen LogP contribution in [-0.4, -0.2) is 29.7 Å². The molecule has 1 amide bonds. The van der Waals surface area contributed by atoms with E-state index in [1.165, 1.54) is 31.4 Å². The highest BCUT2D eigenvalue weighted by molar-refractivity contribution is 8.00. The Morgan fingerprint density at radius 2 is 1.89 bits per heavy atom. The number of methoxy groups -OCH3 is 1. The van der Waals surface area contributed by atoms with Crippen LogP contribution in [0.15, 0.2) is 52.3 Å². The molecule has 0 atom stereocenters. The van der Waals surface area contributed by atoms with Gasteiger partial charge in [0.25, 0.3) is 0 Å². The van der Waals surface area contributed by atoms with Crippen molar-refractivity contribution in [2.45, 2.75) is 11.9 Å². The highest BCUT2D eigenvalue weighted by atomic mass is 32.2. The van der Waals surface area contributed by atoms with Crippen molar-refractivity contribution in [2.24, 2.45) is 0 Å². The number of amides is 1. The van der Waals surface area contributed by atoms with Gasteiger partial charge in [-0.25, -0.2) is 9.18 Å². The average molecular weight is 400 g/mol. The average Bonchev–Trinajstić information content (AvgIpc) is 2.68. The van der Waals surface area contributed by atoms with Gasteiger partial charge >= 0.3 is 5.97 Å². The number of hydrogen-bond acceptors (Lipinski definition) is 5. The van der Waals surface area contributed by atoms with Crippen LogP contribution < -0.4 is 10.7 Å². The fourth-order valence-corrected chi connectivity index (χ4v) is 3.49. The van der Waals surface area contributed by atoms with Crippen LogP contribution in [0.5, 0.6) is 0 Å². The van der Waals surface area contributed by atoms with Crippen LogP contribution in [-0.2, 0) is 9.53 Å². The first-order chi connectivity index (χ1) is 13.4. The van der Waals surface area contributed by atoms with E-state index in [1.54, 1.807) is 12.1 Å². The Hall–Kier alpha value is -3.13. The molecule has 1 aromatic heterocycles. The number of pyridine rings is 1. The van der Waals surface area contributed by atoms with Gasteiger partial charge in [-0.05, 0) is 43.3 Å². The number of carbonyl (C=O) groups is 2. The van der Waals surface area contributed by atoms with Gasteiger partial charge in [0.1, 0.15) is 11.4 Å². The van der Waals surface area contributed by atoms with Crippen molar-refractivity contribution in [1.29, 1.82) is 0 Å². The number of fused-ring (bicyclic) bond motifs is 1. The van der Waals surface area contributed by atoms with Crippen molar-refractivity contribution < 1.29 is 18.7 Å². The van der Waals surface area contributed by atoms with Crippen molar-refractivity contribution in [2.75, 3.05) is 18.2 Å². The number of ether oxygens (including phenoxy) is 1. The van der Waals surface area contributed by atoms with Gasteiger partial charge in [0.2, 0.25) is 11.3 Å². The summed E-state index contributed by atoms with van der Waals surface area (Å²) in [5.41, 5.74) is 1.30. The maximum absolute atomic E-state index is 12.9. The first-order valence-electron chi connectivity index (χ1n) is 8.32. The fourth-order valence-electron chi connectivity index (χ4n) is 2.64. The summed E-state index contributed by atoms with van der Waals surface area (Å²) in [6.45, 7) is 1.85. The maximum Gasteiger partial charge on any atom is 0.344 e. The smallest absolute Gasteiger partial charge is 0.344 e. The molecule has 3 aromatic rings. The Kier molecular flexibility index (Phi) is 5.79. The van der Waals surface area contributed by atoms with E-state index in [0.29, 0.717) is 16.6 Å². The van der Waals surface area contributed by atoms with Crippen LogP contribution >= 0.6 is 11.8 Å². The summed E-state index contributed by atoms with van der Waals surface area (Å²) < 4.78 is 17.7. The van der Waals surface area contributed by atoms with Crippen LogP contribution in [0.25, 0.3) is 10.9 Å². The zero-order valence-corrected chi connectivity index (χ0v) is 16.0. The third-order valence-corrected chi connectivity index (χ3v) is 4.99. The number of benzene rings is 2. The SMILES string of the molecule is COC(=O)c1c(SCC(=O)Nc2ccc(F)cc2)[nH]c2ccc(C)cc2c1=O. The summed E-state index contributed by atoms with van der Waals surface area (Å²) in [5.74, 6) is -1.60. The minimum atomic E-state index is -0.772. The molecule has 0 saturated carbocycles. The minimum Gasteiger partial charge on any atom is -0.465 e. The highest BCUT2D eigenvalue weighted by Gasteiger charge is 2.21. The summed E-state index contributed by atoms with van der Waals surface area (Å²) in [6.07, 6.45) is 0. The van der Waals surface area contributed by atoms with Gasteiger partial charge in [-0.2, -0.15) is 0 Å². The molecule has 0 fully saturated rings. The van der Waals surface area contributed by atoms with Crippen molar-refractivity contribution >= 4 is 40.2 Å². The Labute approximate surface area is 164 Å². The van der Waals surface area contributed by atoms with Crippen molar-refractivity contribution in [3.8, 4) is 0 Å². The Bertz CT molecular complexity index is 1110. The molecular weight excluding hydrogens is 383 g/mol. The molecule has 0 spiro atoms. The van der Waals surface area contributed by atoms with Gasteiger partial charge in [0, 0.05) is 11.1 Å². The molecule has 6 nitrogen and oxygen atoms in total. The second-order valence-electron chi connectivity index (χ2n) is 6.04. The predicted molar refractivity (Wildman–Crippen MR) is 106 cm³/mol. The van der Waals surface area contributed by atoms with E-state index in [4.69, 9.17) is 4.74 Å². The molecule has 0 aliphatic heterocycles. The third kappa shape index (κ3) is 4.23. The van der Waals surface area contributed by atoms with E-state index in [2.05, 4.69) is 10.3 Å². The number of carbonyl (C=O) groups excluding carboxylic acids is 2. The number of rotatable bonds is 5. The summed E-state index contributed by atoms with van der Waals surface area (Å²) in [5, 5.41) is 3.25. The largest absolute Gasteiger partial charge is 0.465 e. The number of thioether (sulfide) groups is 1. The first-order valence-corrected chi connectivity index (χ1v) is 9.31. The molecule has 0 aliphatic rings. The molecular formula is C20H17FN2O4S. The number of halogens is 1. The standard InChI is InChI=1S/C20H17FN2O4S/c1-11-3-8-15-14(9-11)18(25)17(20(26)27-2)19(23-15)28-10-16(24)22-13-6-4-12(21)5-7-13/h3-9H,10H2,1-2H3,(H,22,24)(H,23,25). The summed E-state index contributed by atoms with van der Waals surface area (Å²) in [7, 11) is 1.19. The number of hydrogen-bond donors (Lipinski definition) is 2. The zero-order valence-electron chi connectivity index (χ0n) is 15.2. The lowest BCUT2D eigenvalue weighted by molar-refractivity contribution is -0.113.